The highest BCUT2D eigenvalue weighted by Gasteiger charge is 2.11. The molecular weight excluding hydrogens is 275 g/mol. The second kappa shape index (κ2) is 5.03. The first kappa shape index (κ1) is 11.0. The first-order valence-electron chi connectivity index (χ1n) is 4.84. The van der Waals surface area contributed by atoms with Gasteiger partial charge in [0.2, 0.25) is 0 Å². The quantitative estimate of drug-likeness (QED) is 0.661. The Labute approximate surface area is 103 Å². The second-order valence-electron chi connectivity index (χ2n) is 3.40. The minimum atomic E-state index is 0.104. The Kier molecular flexibility index (Phi) is 3.69. The van der Waals surface area contributed by atoms with Gasteiger partial charge in [-0.3, -0.25) is 0 Å². The summed E-state index contributed by atoms with van der Waals surface area (Å²) < 4.78 is 6.35. The van der Waals surface area contributed by atoms with Gasteiger partial charge in [0, 0.05) is 21.7 Å². The minimum absolute atomic E-state index is 0.104. The van der Waals surface area contributed by atoms with Crippen LogP contribution in [0.4, 0.5) is 0 Å². The van der Waals surface area contributed by atoms with Crippen molar-refractivity contribution < 1.29 is 4.74 Å². The van der Waals surface area contributed by atoms with Crippen LogP contribution in [-0.2, 0) is 4.74 Å². The van der Waals surface area contributed by atoms with Gasteiger partial charge in [-0.25, -0.2) is 0 Å². The maximum Gasteiger partial charge on any atom is 0.118 e. The van der Waals surface area contributed by atoms with Crippen molar-refractivity contribution in [1.29, 1.82) is 0 Å². The first-order valence-corrected chi connectivity index (χ1v) is 6.01. The third kappa shape index (κ3) is 2.98. The average Bonchev–Trinajstić information content (AvgIpc) is 2.69. The molecule has 1 saturated heterocycles. The van der Waals surface area contributed by atoms with Gasteiger partial charge >= 0.3 is 0 Å². The average molecular weight is 286 g/mol. The van der Waals surface area contributed by atoms with E-state index in [1.165, 1.54) is 0 Å². The molecule has 1 fully saturated rings. The van der Waals surface area contributed by atoms with Gasteiger partial charge in [-0.2, -0.15) is 0 Å². The zero-order valence-electron chi connectivity index (χ0n) is 8.09. The molecule has 1 aliphatic heterocycles. The standard InChI is InChI=1S/C12H10BrClO/c13-12-8-10(14)5-3-9(12)4-6-11-2-1-7-15-11/h3,5,8,11H,1-2,7H2/t11-/m0/s1. The summed E-state index contributed by atoms with van der Waals surface area (Å²) in [4.78, 5) is 0. The predicted octanol–water partition coefficient (Wildman–Crippen LogP) is 3.63. The fraction of sp³-hybridized carbons (Fsp3) is 0.333. The number of hydrogen-bond donors (Lipinski definition) is 0. The summed E-state index contributed by atoms with van der Waals surface area (Å²) in [7, 11) is 0. The van der Waals surface area contributed by atoms with E-state index in [4.69, 9.17) is 16.3 Å². The van der Waals surface area contributed by atoms with E-state index in [-0.39, 0.29) is 6.10 Å². The largest absolute Gasteiger partial charge is 0.366 e. The van der Waals surface area contributed by atoms with Crippen molar-refractivity contribution in [3.8, 4) is 11.8 Å². The number of ether oxygens (including phenoxy) is 1. The number of halogens is 2. The summed E-state index contributed by atoms with van der Waals surface area (Å²) in [5.74, 6) is 6.21. The number of benzene rings is 1. The molecule has 0 aliphatic carbocycles. The summed E-state index contributed by atoms with van der Waals surface area (Å²) >= 11 is 9.27. The normalized spacial score (nSPS) is 19.7. The topological polar surface area (TPSA) is 9.23 Å². The Morgan fingerprint density at radius 3 is 3.00 bits per heavy atom. The fourth-order valence-corrected chi connectivity index (χ4v) is 2.22. The number of rotatable bonds is 0. The van der Waals surface area contributed by atoms with Crippen LogP contribution in [0.2, 0.25) is 5.02 Å². The zero-order chi connectivity index (χ0) is 10.7. The number of hydrogen-bond acceptors (Lipinski definition) is 1. The molecule has 0 radical (unpaired) electrons. The smallest absolute Gasteiger partial charge is 0.118 e. The Morgan fingerprint density at radius 2 is 2.33 bits per heavy atom. The van der Waals surface area contributed by atoms with Gasteiger partial charge < -0.3 is 4.74 Å². The van der Waals surface area contributed by atoms with Crippen molar-refractivity contribution >= 4 is 27.5 Å². The molecule has 0 aromatic heterocycles. The van der Waals surface area contributed by atoms with Crippen molar-refractivity contribution in [3.05, 3.63) is 33.3 Å². The minimum Gasteiger partial charge on any atom is -0.366 e. The Balaban J connectivity index is 2.15. The van der Waals surface area contributed by atoms with Gasteiger partial charge in [0.05, 0.1) is 0 Å². The van der Waals surface area contributed by atoms with Crippen LogP contribution >= 0.6 is 27.5 Å². The Morgan fingerprint density at radius 1 is 1.47 bits per heavy atom. The first-order chi connectivity index (χ1) is 7.25. The summed E-state index contributed by atoms with van der Waals surface area (Å²) in [6.07, 6.45) is 2.26. The summed E-state index contributed by atoms with van der Waals surface area (Å²) in [5.41, 5.74) is 0.954. The summed E-state index contributed by atoms with van der Waals surface area (Å²) in [6, 6.07) is 5.60. The van der Waals surface area contributed by atoms with Crippen LogP contribution < -0.4 is 0 Å². The fourth-order valence-electron chi connectivity index (χ4n) is 1.44. The lowest BCUT2D eigenvalue weighted by Crippen LogP contribution is -1.99. The van der Waals surface area contributed by atoms with E-state index in [1.807, 2.05) is 18.2 Å². The van der Waals surface area contributed by atoms with Crippen LogP contribution in [0.1, 0.15) is 18.4 Å². The van der Waals surface area contributed by atoms with Gasteiger partial charge in [0.1, 0.15) is 6.10 Å². The molecule has 1 aromatic rings. The molecule has 1 heterocycles. The molecule has 0 N–H and O–H groups in total. The van der Waals surface area contributed by atoms with E-state index in [0.717, 1.165) is 29.5 Å². The van der Waals surface area contributed by atoms with Gasteiger partial charge in [-0.05, 0) is 47.0 Å². The van der Waals surface area contributed by atoms with Crippen molar-refractivity contribution in [1.82, 2.24) is 0 Å². The molecule has 0 spiro atoms. The molecule has 0 unspecified atom stereocenters. The maximum absolute atomic E-state index is 5.84. The molecule has 15 heavy (non-hydrogen) atoms. The molecular formula is C12H10BrClO. The van der Waals surface area contributed by atoms with Crippen LogP contribution in [0.25, 0.3) is 0 Å². The van der Waals surface area contributed by atoms with E-state index in [1.54, 1.807) is 0 Å². The molecule has 2 rings (SSSR count). The van der Waals surface area contributed by atoms with E-state index < -0.39 is 0 Å². The highest BCUT2D eigenvalue weighted by atomic mass is 79.9. The lowest BCUT2D eigenvalue weighted by molar-refractivity contribution is 0.152. The van der Waals surface area contributed by atoms with Crippen LogP contribution in [0.5, 0.6) is 0 Å². The zero-order valence-corrected chi connectivity index (χ0v) is 10.4. The highest BCUT2D eigenvalue weighted by molar-refractivity contribution is 9.10. The van der Waals surface area contributed by atoms with Gasteiger partial charge in [-0.1, -0.05) is 23.4 Å². The third-order valence-electron chi connectivity index (χ3n) is 2.23. The molecule has 1 aromatic carbocycles. The van der Waals surface area contributed by atoms with Crippen molar-refractivity contribution in [3.63, 3.8) is 0 Å². The Hall–Kier alpha value is -0.490. The van der Waals surface area contributed by atoms with Crippen molar-refractivity contribution in [2.24, 2.45) is 0 Å². The van der Waals surface area contributed by atoms with E-state index >= 15 is 0 Å². The van der Waals surface area contributed by atoms with Crippen LogP contribution in [-0.4, -0.2) is 12.7 Å². The lowest BCUT2D eigenvalue weighted by Gasteiger charge is -1.99. The predicted molar refractivity (Wildman–Crippen MR) is 65.0 cm³/mol. The van der Waals surface area contributed by atoms with E-state index in [0.29, 0.717) is 5.02 Å². The van der Waals surface area contributed by atoms with Gasteiger partial charge in [0.25, 0.3) is 0 Å². The van der Waals surface area contributed by atoms with Gasteiger partial charge in [0.15, 0.2) is 0 Å². The van der Waals surface area contributed by atoms with Gasteiger partial charge in [-0.15, -0.1) is 0 Å². The molecule has 0 saturated carbocycles. The van der Waals surface area contributed by atoms with E-state index in [9.17, 15) is 0 Å². The molecule has 0 amide bonds. The van der Waals surface area contributed by atoms with Crippen molar-refractivity contribution in [2.45, 2.75) is 18.9 Å². The molecule has 1 aliphatic rings. The maximum atomic E-state index is 5.84. The monoisotopic (exact) mass is 284 g/mol. The van der Waals surface area contributed by atoms with E-state index in [2.05, 4.69) is 27.8 Å². The third-order valence-corrected chi connectivity index (χ3v) is 3.12. The summed E-state index contributed by atoms with van der Waals surface area (Å²) in [6.45, 7) is 0.834. The summed E-state index contributed by atoms with van der Waals surface area (Å²) in [5, 5.41) is 0.713. The molecule has 1 nitrogen and oxygen atoms in total. The highest BCUT2D eigenvalue weighted by Crippen LogP contribution is 2.21. The lowest BCUT2D eigenvalue weighted by atomic mass is 10.2. The molecule has 0 bridgehead atoms. The molecule has 1 atom stereocenters. The Bertz CT molecular complexity index is 413. The van der Waals surface area contributed by atoms with Crippen molar-refractivity contribution in [2.75, 3.05) is 6.61 Å². The SMILES string of the molecule is Clc1ccc(C#C[C@@H]2CCCO2)c(Br)c1. The van der Waals surface area contributed by atoms with Crippen LogP contribution in [0.15, 0.2) is 22.7 Å². The van der Waals surface area contributed by atoms with Crippen LogP contribution in [0.3, 0.4) is 0 Å². The molecule has 3 heteroatoms. The molecule has 78 valence electrons. The second-order valence-corrected chi connectivity index (χ2v) is 4.69. The van der Waals surface area contributed by atoms with Crippen LogP contribution in [0, 0.1) is 11.8 Å².